The topological polar surface area (TPSA) is 81.4 Å². The molecular weight excluding hydrogens is 276 g/mol. The van der Waals surface area contributed by atoms with Crippen LogP contribution in [0.5, 0.6) is 0 Å². The van der Waals surface area contributed by atoms with E-state index in [4.69, 9.17) is 10.5 Å². The fourth-order valence-electron chi connectivity index (χ4n) is 1.48. The second-order valence-electron chi connectivity index (χ2n) is 3.75. The summed E-state index contributed by atoms with van der Waals surface area (Å²) in [7, 11) is 0. The molecule has 1 aliphatic heterocycles. The van der Waals surface area contributed by atoms with Gasteiger partial charge in [0.1, 0.15) is 6.04 Å². The van der Waals surface area contributed by atoms with Gasteiger partial charge in [0.15, 0.2) is 0 Å². The number of nitrogens with one attached hydrogen (secondary N) is 1. The zero-order valence-electron chi connectivity index (χ0n) is 8.87. The molecule has 90 valence electrons. The van der Waals surface area contributed by atoms with Crippen LogP contribution < -0.4 is 11.1 Å². The molecule has 6 heteroatoms. The molecule has 0 unspecified atom stereocenters. The lowest BCUT2D eigenvalue weighted by molar-refractivity contribution is -0.129. The van der Waals surface area contributed by atoms with Crippen LogP contribution >= 0.6 is 15.9 Å². The SMILES string of the molecule is C=C(Br)C[C@H](NC(=O)[C@H]1CCOC1)C(N)=O. The van der Waals surface area contributed by atoms with E-state index in [9.17, 15) is 9.59 Å². The molecule has 0 aliphatic carbocycles. The first kappa shape index (κ1) is 13.2. The van der Waals surface area contributed by atoms with Crippen molar-refractivity contribution in [3.63, 3.8) is 0 Å². The normalized spacial score (nSPS) is 21.4. The Balaban J connectivity index is 2.50. The molecule has 3 N–H and O–H groups in total. The van der Waals surface area contributed by atoms with Crippen LogP contribution in [0.25, 0.3) is 0 Å². The second-order valence-corrected chi connectivity index (χ2v) is 4.87. The van der Waals surface area contributed by atoms with Crippen molar-refractivity contribution in [1.82, 2.24) is 5.32 Å². The lowest BCUT2D eigenvalue weighted by Gasteiger charge is -2.17. The average Bonchev–Trinajstić information content (AvgIpc) is 2.68. The largest absolute Gasteiger partial charge is 0.381 e. The summed E-state index contributed by atoms with van der Waals surface area (Å²) < 4.78 is 5.72. The van der Waals surface area contributed by atoms with Crippen LogP contribution in [-0.4, -0.2) is 31.1 Å². The molecular formula is C10H15BrN2O3. The molecule has 1 fully saturated rings. The van der Waals surface area contributed by atoms with Crippen molar-refractivity contribution in [2.45, 2.75) is 18.9 Å². The third-order valence-corrected chi connectivity index (χ3v) is 2.71. The van der Waals surface area contributed by atoms with E-state index in [1.165, 1.54) is 0 Å². The Kier molecular flexibility index (Phi) is 4.95. The van der Waals surface area contributed by atoms with Gasteiger partial charge in [-0.15, -0.1) is 0 Å². The molecule has 0 saturated carbocycles. The molecule has 1 rings (SSSR count). The number of carbonyl (C=O) groups excluding carboxylic acids is 2. The number of hydrogen-bond donors (Lipinski definition) is 2. The lowest BCUT2D eigenvalue weighted by atomic mass is 10.1. The molecule has 0 aromatic carbocycles. The van der Waals surface area contributed by atoms with Crippen LogP contribution in [0.3, 0.4) is 0 Å². The van der Waals surface area contributed by atoms with Crippen molar-refractivity contribution in [2.75, 3.05) is 13.2 Å². The summed E-state index contributed by atoms with van der Waals surface area (Å²) >= 11 is 3.14. The molecule has 5 nitrogen and oxygen atoms in total. The van der Waals surface area contributed by atoms with Gasteiger partial charge in [-0.3, -0.25) is 9.59 Å². The van der Waals surface area contributed by atoms with Gasteiger partial charge < -0.3 is 15.8 Å². The Morgan fingerprint density at radius 3 is 2.75 bits per heavy atom. The number of nitrogens with two attached hydrogens (primary N) is 1. The third kappa shape index (κ3) is 3.94. The number of amides is 2. The van der Waals surface area contributed by atoms with E-state index in [2.05, 4.69) is 27.8 Å². The molecule has 1 saturated heterocycles. The number of primary amides is 1. The fourth-order valence-corrected chi connectivity index (χ4v) is 1.80. The van der Waals surface area contributed by atoms with Gasteiger partial charge in [0.05, 0.1) is 12.5 Å². The maximum atomic E-state index is 11.7. The maximum absolute atomic E-state index is 11.7. The van der Waals surface area contributed by atoms with Crippen molar-refractivity contribution in [3.05, 3.63) is 11.1 Å². The lowest BCUT2D eigenvalue weighted by Crippen LogP contribution is -2.46. The Morgan fingerprint density at radius 1 is 1.62 bits per heavy atom. The summed E-state index contributed by atoms with van der Waals surface area (Å²) in [6.07, 6.45) is 0.987. The summed E-state index contributed by atoms with van der Waals surface area (Å²) in [6.45, 7) is 4.61. The Bertz CT molecular complexity index is 300. The molecule has 0 bridgehead atoms. The van der Waals surface area contributed by atoms with Gasteiger partial charge in [0.25, 0.3) is 0 Å². The predicted molar refractivity (Wildman–Crippen MR) is 62.7 cm³/mol. The molecule has 0 spiro atoms. The molecule has 16 heavy (non-hydrogen) atoms. The van der Waals surface area contributed by atoms with Crippen LogP contribution in [0.1, 0.15) is 12.8 Å². The number of rotatable bonds is 5. The van der Waals surface area contributed by atoms with E-state index in [1.807, 2.05) is 0 Å². The number of ether oxygens (including phenoxy) is 1. The Morgan fingerprint density at radius 2 is 2.31 bits per heavy atom. The van der Waals surface area contributed by atoms with Gasteiger partial charge >= 0.3 is 0 Å². The maximum Gasteiger partial charge on any atom is 0.240 e. The highest BCUT2D eigenvalue weighted by molar-refractivity contribution is 9.11. The van der Waals surface area contributed by atoms with Gasteiger partial charge in [0, 0.05) is 13.0 Å². The first-order valence-corrected chi connectivity index (χ1v) is 5.80. The highest BCUT2D eigenvalue weighted by Crippen LogP contribution is 2.14. The highest BCUT2D eigenvalue weighted by atomic mass is 79.9. The van der Waals surface area contributed by atoms with Gasteiger partial charge in [-0.2, -0.15) is 0 Å². The standard InChI is InChI=1S/C10H15BrN2O3/c1-6(11)4-8(9(12)14)13-10(15)7-2-3-16-5-7/h7-8H,1-5H2,(H2,12,14)(H,13,15)/t7-,8-/m0/s1. The Hall–Kier alpha value is -0.880. The highest BCUT2D eigenvalue weighted by Gasteiger charge is 2.27. The van der Waals surface area contributed by atoms with Crippen LogP contribution in [0.15, 0.2) is 11.1 Å². The summed E-state index contributed by atoms with van der Waals surface area (Å²) in [4.78, 5) is 22.8. The summed E-state index contributed by atoms with van der Waals surface area (Å²) in [5.74, 6) is -0.923. The number of hydrogen-bond acceptors (Lipinski definition) is 3. The van der Waals surface area contributed by atoms with Gasteiger partial charge in [-0.25, -0.2) is 0 Å². The second kappa shape index (κ2) is 6.00. The fraction of sp³-hybridized carbons (Fsp3) is 0.600. The van der Waals surface area contributed by atoms with Crippen LogP contribution in [0.2, 0.25) is 0 Å². The van der Waals surface area contributed by atoms with Crippen LogP contribution in [0.4, 0.5) is 0 Å². The Labute approximate surface area is 103 Å². The number of carbonyl (C=O) groups is 2. The minimum atomic E-state index is -0.708. The van der Waals surface area contributed by atoms with E-state index in [-0.39, 0.29) is 11.8 Å². The van der Waals surface area contributed by atoms with E-state index in [0.717, 1.165) is 0 Å². The zero-order chi connectivity index (χ0) is 12.1. The minimum Gasteiger partial charge on any atom is -0.381 e. The van der Waals surface area contributed by atoms with Crippen molar-refractivity contribution >= 4 is 27.7 Å². The molecule has 2 atom stereocenters. The quantitative estimate of drug-likeness (QED) is 0.764. The van der Waals surface area contributed by atoms with Gasteiger partial charge in [0.2, 0.25) is 11.8 Å². The monoisotopic (exact) mass is 290 g/mol. The first-order valence-electron chi connectivity index (χ1n) is 5.01. The zero-order valence-corrected chi connectivity index (χ0v) is 10.5. The first-order chi connectivity index (χ1) is 7.50. The van der Waals surface area contributed by atoms with Crippen molar-refractivity contribution in [3.8, 4) is 0 Å². The summed E-state index contributed by atoms with van der Waals surface area (Å²) in [6, 6.07) is -0.708. The molecule has 1 aliphatic rings. The molecule has 0 aromatic rings. The van der Waals surface area contributed by atoms with E-state index < -0.39 is 11.9 Å². The van der Waals surface area contributed by atoms with E-state index in [1.54, 1.807) is 0 Å². The molecule has 0 radical (unpaired) electrons. The summed E-state index contributed by atoms with van der Waals surface area (Å²) in [5, 5.41) is 2.61. The smallest absolute Gasteiger partial charge is 0.240 e. The van der Waals surface area contributed by atoms with Crippen molar-refractivity contribution < 1.29 is 14.3 Å². The third-order valence-electron chi connectivity index (χ3n) is 2.39. The summed E-state index contributed by atoms with van der Waals surface area (Å²) in [5.41, 5.74) is 5.19. The average molecular weight is 291 g/mol. The van der Waals surface area contributed by atoms with Gasteiger partial charge in [-0.05, 0) is 10.9 Å². The van der Waals surface area contributed by atoms with Gasteiger partial charge in [-0.1, -0.05) is 22.5 Å². The van der Waals surface area contributed by atoms with Crippen molar-refractivity contribution in [2.24, 2.45) is 11.7 Å². The number of halogens is 1. The van der Waals surface area contributed by atoms with Crippen LogP contribution in [-0.2, 0) is 14.3 Å². The molecule has 2 amide bonds. The molecule has 0 aromatic heterocycles. The van der Waals surface area contributed by atoms with E-state index in [0.29, 0.717) is 30.5 Å². The minimum absolute atomic E-state index is 0.176. The van der Waals surface area contributed by atoms with E-state index >= 15 is 0 Å². The molecule has 1 heterocycles. The van der Waals surface area contributed by atoms with Crippen molar-refractivity contribution in [1.29, 1.82) is 0 Å². The predicted octanol–water partition coefficient (Wildman–Crippen LogP) is 0.292. The van der Waals surface area contributed by atoms with Crippen LogP contribution in [0, 0.1) is 5.92 Å².